The van der Waals surface area contributed by atoms with Crippen LogP contribution in [0.4, 0.5) is 5.82 Å². The SMILES string of the molecule is CCOc1ccc(-c2ccc(CC(=O)NCCC3CCCC3)nc2N2CCCCC2)cc1. The first-order chi connectivity index (χ1) is 15.7. The largest absolute Gasteiger partial charge is 0.494 e. The molecule has 1 aliphatic carbocycles. The van der Waals surface area contributed by atoms with Crippen molar-refractivity contribution in [1.82, 2.24) is 10.3 Å². The Morgan fingerprint density at radius 2 is 1.78 bits per heavy atom. The van der Waals surface area contributed by atoms with Crippen molar-refractivity contribution in [2.24, 2.45) is 5.92 Å². The minimum atomic E-state index is 0.0777. The lowest BCUT2D eigenvalue weighted by Crippen LogP contribution is -2.31. The predicted octanol–water partition coefficient (Wildman–Crippen LogP) is 5.38. The van der Waals surface area contributed by atoms with E-state index in [0.717, 1.165) is 60.4 Å². The highest BCUT2D eigenvalue weighted by Crippen LogP contribution is 2.32. The molecular weight excluding hydrogens is 398 g/mol. The summed E-state index contributed by atoms with van der Waals surface area (Å²) in [6.45, 7) is 5.49. The molecule has 5 nitrogen and oxygen atoms in total. The fourth-order valence-electron chi connectivity index (χ4n) is 5.00. The van der Waals surface area contributed by atoms with Gasteiger partial charge in [-0.1, -0.05) is 37.8 Å². The topological polar surface area (TPSA) is 54.5 Å². The van der Waals surface area contributed by atoms with Gasteiger partial charge in [-0.15, -0.1) is 0 Å². The number of amides is 1. The monoisotopic (exact) mass is 435 g/mol. The van der Waals surface area contributed by atoms with Gasteiger partial charge in [-0.25, -0.2) is 4.98 Å². The Kier molecular flexibility index (Phi) is 8.02. The minimum Gasteiger partial charge on any atom is -0.494 e. The molecule has 1 aromatic carbocycles. The van der Waals surface area contributed by atoms with Crippen LogP contribution in [0.25, 0.3) is 11.1 Å². The molecule has 2 fully saturated rings. The molecule has 0 spiro atoms. The van der Waals surface area contributed by atoms with Gasteiger partial charge in [0, 0.05) is 25.2 Å². The number of hydrogen-bond donors (Lipinski definition) is 1. The highest BCUT2D eigenvalue weighted by Gasteiger charge is 2.19. The van der Waals surface area contributed by atoms with Gasteiger partial charge in [0.15, 0.2) is 0 Å². The number of aromatic nitrogens is 1. The summed E-state index contributed by atoms with van der Waals surface area (Å²) in [5.41, 5.74) is 3.10. The Morgan fingerprint density at radius 3 is 2.50 bits per heavy atom. The maximum Gasteiger partial charge on any atom is 0.226 e. The van der Waals surface area contributed by atoms with E-state index in [9.17, 15) is 4.79 Å². The molecular formula is C27H37N3O2. The highest BCUT2D eigenvalue weighted by molar-refractivity contribution is 5.80. The number of benzene rings is 1. The van der Waals surface area contributed by atoms with Crippen LogP contribution in [0.1, 0.15) is 64.0 Å². The summed E-state index contributed by atoms with van der Waals surface area (Å²) in [6.07, 6.45) is 10.5. The molecule has 0 unspecified atom stereocenters. The van der Waals surface area contributed by atoms with Crippen LogP contribution >= 0.6 is 0 Å². The Balaban J connectivity index is 1.46. The second-order valence-electron chi connectivity index (χ2n) is 9.14. The van der Waals surface area contributed by atoms with Crippen molar-refractivity contribution >= 4 is 11.7 Å². The molecule has 0 bridgehead atoms. The lowest BCUT2D eigenvalue weighted by Gasteiger charge is -2.30. The number of hydrogen-bond acceptors (Lipinski definition) is 4. The highest BCUT2D eigenvalue weighted by atomic mass is 16.5. The number of piperidine rings is 1. The van der Waals surface area contributed by atoms with Crippen molar-refractivity contribution in [3.05, 3.63) is 42.1 Å². The molecule has 1 N–H and O–H groups in total. The molecule has 5 heteroatoms. The first-order valence-corrected chi connectivity index (χ1v) is 12.5. The molecule has 2 aromatic rings. The molecule has 1 aliphatic heterocycles. The molecule has 0 atom stereocenters. The molecule has 2 heterocycles. The zero-order valence-electron chi connectivity index (χ0n) is 19.4. The standard InChI is InChI=1S/C27H37N3O2/c1-2-32-24-13-10-22(11-14-24)25-15-12-23(29-27(25)30-18-6-3-7-19-30)20-26(31)28-17-16-21-8-4-5-9-21/h10-15,21H,2-9,16-20H2,1H3,(H,28,31). The van der Waals surface area contributed by atoms with Crippen LogP contribution in [0.15, 0.2) is 36.4 Å². The first kappa shape index (κ1) is 22.6. The summed E-state index contributed by atoms with van der Waals surface area (Å²) in [7, 11) is 0. The van der Waals surface area contributed by atoms with Crippen LogP contribution < -0.4 is 15.0 Å². The van der Waals surface area contributed by atoms with Gasteiger partial charge in [0.05, 0.1) is 18.7 Å². The van der Waals surface area contributed by atoms with Crippen LogP contribution in [-0.2, 0) is 11.2 Å². The number of ether oxygens (including phenoxy) is 1. The van der Waals surface area contributed by atoms with Crippen molar-refractivity contribution in [2.45, 2.75) is 64.7 Å². The number of nitrogens with zero attached hydrogens (tertiary/aromatic N) is 2. The summed E-state index contributed by atoms with van der Waals surface area (Å²) in [5, 5.41) is 3.12. The average molecular weight is 436 g/mol. The van der Waals surface area contributed by atoms with Gasteiger partial charge in [-0.3, -0.25) is 4.79 Å². The predicted molar refractivity (Wildman–Crippen MR) is 130 cm³/mol. The zero-order valence-corrected chi connectivity index (χ0v) is 19.4. The summed E-state index contributed by atoms with van der Waals surface area (Å²) in [6, 6.07) is 12.4. The van der Waals surface area contributed by atoms with E-state index < -0.39 is 0 Å². The Bertz CT molecular complexity index is 869. The first-order valence-electron chi connectivity index (χ1n) is 12.5. The molecule has 32 heavy (non-hydrogen) atoms. The number of carbonyl (C=O) groups excluding carboxylic acids is 1. The molecule has 4 rings (SSSR count). The fourth-order valence-corrected chi connectivity index (χ4v) is 5.00. The third kappa shape index (κ3) is 6.02. The van der Waals surface area contributed by atoms with E-state index in [0.29, 0.717) is 13.0 Å². The third-order valence-corrected chi connectivity index (χ3v) is 6.76. The van der Waals surface area contributed by atoms with E-state index in [2.05, 4.69) is 28.4 Å². The lowest BCUT2D eigenvalue weighted by molar-refractivity contribution is -0.120. The minimum absolute atomic E-state index is 0.0777. The fraction of sp³-hybridized carbons (Fsp3) is 0.556. The average Bonchev–Trinajstić information content (AvgIpc) is 3.34. The molecule has 1 amide bonds. The van der Waals surface area contributed by atoms with Gasteiger partial charge in [-0.05, 0) is 68.4 Å². The quantitative estimate of drug-likeness (QED) is 0.575. The maximum atomic E-state index is 12.5. The Labute approximate surface area is 192 Å². The van der Waals surface area contributed by atoms with Crippen molar-refractivity contribution in [2.75, 3.05) is 31.1 Å². The second kappa shape index (κ2) is 11.3. The summed E-state index contributed by atoms with van der Waals surface area (Å²) < 4.78 is 5.60. The van der Waals surface area contributed by atoms with Crippen molar-refractivity contribution in [1.29, 1.82) is 0 Å². The Hall–Kier alpha value is -2.56. The summed E-state index contributed by atoms with van der Waals surface area (Å²) in [4.78, 5) is 19.9. The van der Waals surface area contributed by atoms with E-state index in [1.807, 2.05) is 25.1 Å². The lowest BCUT2D eigenvalue weighted by atomic mass is 10.0. The maximum absolute atomic E-state index is 12.5. The van der Waals surface area contributed by atoms with Gasteiger partial charge in [0.2, 0.25) is 5.91 Å². The van der Waals surface area contributed by atoms with E-state index >= 15 is 0 Å². The van der Waals surface area contributed by atoms with Crippen LogP contribution in [0.2, 0.25) is 0 Å². The Morgan fingerprint density at radius 1 is 1.03 bits per heavy atom. The second-order valence-corrected chi connectivity index (χ2v) is 9.14. The molecule has 2 aliphatic rings. The van der Waals surface area contributed by atoms with Crippen molar-refractivity contribution < 1.29 is 9.53 Å². The van der Waals surface area contributed by atoms with Crippen molar-refractivity contribution in [3.63, 3.8) is 0 Å². The van der Waals surface area contributed by atoms with Gasteiger partial charge >= 0.3 is 0 Å². The smallest absolute Gasteiger partial charge is 0.226 e. The zero-order chi connectivity index (χ0) is 22.2. The number of carbonyl (C=O) groups is 1. The van der Waals surface area contributed by atoms with Crippen LogP contribution in [0.5, 0.6) is 5.75 Å². The number of rotatable bonds is 9. The van der Waals surface area contributed by atoms with E-state index in [4.69, 9.17) is 9.72 Å². The van der Waals surface area contributed by atoms with Crippen LogP contribution in [0, 0.1) is 5.92 Å². The normalized spacial score (nSPS) is 16.8. The van der Waals surface area contributed by atoms with Gasteiger partial charge in [0.25, 0.3) is 0 Å². The van der Waals surface area contributed by atoms with E-state index in [1.54, 1.807) is 0 Å². The molecule has 172 valence electrons. The molecule has 1 saturated heterocycles. The number of anilines is 1. The third-order valence-electron chi connectivity index (χ3n) is 6.76. The molecule has 0 radical (unpaired) electrons. The van der Waals surface area contributed by atoms with E-state index in [-0.39, 0.29) is 5.91 Å². The van der Waals surface area contributed by atoms with Gasteiger partial charge in [0.1, 0.15) is 11.6 Å². The number of nitrogens with one attached hydrogen (secondary N) is 1. The van der Waals surface area contributed by atoms with Crippen LogP contribution in [0.3, 0.4) is 0 Å². The molecule has 1 saturated carbocycles. The van der Waals surface area contributed by atoms with Crippen molar-refractivity contribution in [3.8, 4) is 16.9 Å². The van der Waals surface area contributed by atoms with Gasteiger partial charge < -0.3 is 15.0 Å². The van der Waals surface area contributed by atoms with E-state index in [1.165, 1.54) is 44.9 Å². The molecule has 1 aromatic heterocycles. The summed E-state index contributed by atoms with van der Waals surface area (Å²) in [5.74, 6) is 2.76. The van der Waals surface area contributed by atoms with Crippen LogP contribution in [-0.4, -0.2) is 37.1 Å². The number of pyridine rings is 1. The summed E-state index contributed by atoms with van der Waals surface area (Å²) >= 11 is 0. The van der Waals surface area contributed by atoms with Gasteiger partial charge in [-0.2, -0.15) is 0 Å².